The van der Waals surface area contributed by atoms with Crippen molar-refractivity contribution in [3.63, 3.8) is 0 Å². The van der Waals surface area contributed by atoms with Crippen LogP contribution in [0.25, 0.3) is 0 Å². The van der Waals surface area contributed by atoms with Gasteiger partial charge in [0.1, 0.15) is 0 Å². The van der Waals surface area contributed by atoms with Gasteiger partial charge in [-0.05, 0) is 31.2 Å². The lowest BCUT2D eigenvalue weighted by atomic mass is 9.98. The van der Waals surface area contributed by atoms with Crippen molar-refractivity contribution < 1.29 is 4.79 Å². The maximum absolute atomic E-state index is 12.6. The van der Waals surface area contributed by atoms with Crippen LogP contribution in [0.3, 0.4) is 0 Å². The number of carbonyl (C=O) groups excluding carboxylic acids is 1. The molecule has 4 nitrogen and oxygen atoms in total. The lowest BCUT2D eigenvalue weighted by Gasteiger charge is -2.39. The van der Waals surface area contributed by atoms with Crippen LogP contribution in [0, 0.1) is 5.92 Å². The van der Waals surface area contributed by atoms with E-state index in [2.05, 4.69) is 42.2 Å². The molecule has 2 rings (SSSR count). The van der Waals surface area contributed by atoms with Crippen LogP contribution in [0.4, 0.5) is 0 Å². The third kappa shape index (κ3) is 4.79. The molecule has 0 bridgehead atoms. The lowest BCUT2D eigenvalue weighted by Crippen LogP contribution is -2.53. The molecular weight excluding hydrogens is 286 g/mol. The predicted molar refractivity (Wildman–Crippen MR) is 94.9 cm³/mol. The Bertz CT molecular complexity index is 481. The summed E-state index contributed by atoms with van der Waals surface area (Å²) in [6.45, 7) is 9.92. The third-order valence-corrected chi connectivity index (χ3v) is 4.87. The van der Waals surface area contributed by atoms with Crippen molar-refractivity contribution in [2.45, 2.75) is 52.2 Å². The number of benzene rings is 1. The molecular formula is C19H31N3O. The van der Waals surface area contributed by atoms with E-state index >= 15 is 0 Å². The summed E-state index contributed by atoms with van der Waals surface area (Å²) >= 11 is 0. The van der Waals surface area contributed by atoms with Gasteiger partial charge in [0.05, 0.1) is 6.04 Å². The van der Waals surface area contributed by atoms with Crippen LogP contribution in [0.15, 0.2) is 30.3 Å². The smallest absolute Gasteiger partial charge is 0.239 e. The van der Waals surface area contributed by atoms with E-state index in [0.717, 1.165) is 39.0 Å². The second-order valence-electron chi connectivity index (χ2n) is 6.89. The van der Waals surface area contributed by atoms with Gasteiger partial charge in [-0.1, -0.05) is 44.2 Å². The number of hydrogen-bond donors (Lipinski definition) is 1. The normalized spacial score (nSPS) is 18.1. The number of carbonyl (C=O) groups is 1. The van der Waals surface area contributed by atoms with Gasteiger partial charge in [0.15, 0.2) is 0 Å². The van der Waals surface area contributed by atoms with Gasteiger partial charge in [-0.3, -0.25) is 9.69 Å². The summed E-state index contributed by atoms with van der Waals surface area (Å²) in [7, 11) is 0. The molecule has 1 aromatic rings. The Balaban J connectivity index is 1.88. The number of piperidine rings is 1. The van der Waals surface area contributed by atoms with Crippen LogP contribution in [-0.2, 0) is 11.3 Å². The van der Waals surface area contributed by atoms with Crippen LogP contribution in [0.1, 0.15) is 39.2 Å². The number of likely N-dealkylation sites (N-methyl/N-ethyl adjacent to an activating group) is 1. The van der Waals surface area contributed by atoms with Crippen LogP contribution in [-0.4, -0.2) is 47.4 Å². The minimum atomic E-state index is -0.378. The maximum atomic E-state index is 12.6. The fourth-order valence-corrected chi connectivity index (χ4v) is 3.30. The zero-order valence-electron chi connectivity index (χ0n) is 14.7. The second-order valence-corrected chi connectivity index (χ2v) is 6.89. The van der Waals surface area contributed by atoms with Gasteiger partial charge >= 0.3 is 0 Å². The molecule has 0 saturated carbocycles. The fraction of sp³-hybridized carbons (Fsp3) is 0.632. The van der Waals surface area contributed by atoms with E-state index in [1.807, 2.05) is 18.7 Å². The first-order valence-corrected chi connectivity index (χ1v) is 8.85. The van der Waals surface area contributed by atoms with Gasteiger partial charge in [-0.2, -0.15) is 0 Å². The highest BCUT2D eigenvalue weighted by atomic mass is 16.2. The first-order valence-electron chi connectivity index (χ1n) is 8.85. The molecule has 1 aliphatic rings. The monoisotopic (exact) mass is 317 g/mol. The van der Waals surface area contributed by atoms with Crippen LogP contribution < -0.4 is 5.73 Å². The summed E-state index contributed by atoms with van der Waals surface area (Å²) in [6.07, 6.45) is 2.08. The highest BCUT2D eigenvalue weighted by Crippen LogP contribution is 2.20. The van der Waals surface area contributed by atoms with E-state index in [4.69, 9.17) is 5.73 Å². The highest BCUT2D eigenvalue weighted by Gasteiger charge is 2.30. The van der Waals surface area contributed by atoms with Gasteiger partial charge in [0.25, 0.3) is 0 Å². The van der Waals surface area contributed by atoms with Crippen molar-refractivity contribution in [3.05, 3.63) is 35.9 Å². The fourth-order valence-electron chi connectivity index (χ4n) is 3.30. The molecule has 1 fully saturated rings. The summed E-state index contributed by atoms with van der Waals surface area (Å²) in [4.78, 5) is 17.1. The van der Waals surface area contributed by atoms with E-state index < -0.39 is 0 Å². The van der Waals surface area contributed by atoms with Crippen molar-refractivity contribution in [3.8, 4) is 0 Å². The van der Waals surface area contributed by atoms with Crippen LogP contribution in [0.2, 0.25) is 0 Å². The van der Waals surface area contributed by atoms with Gasteiger partial charge in [-0.25, -0.2) is 0 Å². The Morgan fingerprint density at radius 2 is 1.87 bits per heavy atom. The van der Waals surface area contributed by atoms with Crippen molar-refractivity contribution in [2.24, 2.45) is 11.7 Å². The van der Waals surface area contributed by atoms with Gasteiger partial charge in [0.2, 0.25) is 5.91 Å². The molecule has 0 radical (unpaired) electrons. The summed E-state index contributed by atoms with van der Waals surface area (Å²) in [5.74, 6) is 0.304. The third-order valence-electron chi connectivity index (χ3n) is 4.87. The molecule has 1 heterocycles. The number of nitrogens with zero attached hydrogens (tertiary/aromatic N) is 2. The molecule has 0 aromatic heterocycles. The van der Waals surface area contributed by atoms with E-state index in [9.17, 15) is 4.79 Å². The molecule has 1 saturated heterocycles. The number of nitrogens with two attached hydrogens (primary N) is 1. The Morgan fingerprint density at radius 1 is 1.26 bits per heavy atom. The van der Waals surface area contributed by atoms with Crippen molar-refractivity contribution in [2.75, 3.05) is 19.6 Å². The van der Waals surface area contributed by atoms with Crippen LogP contribution in [0.5, 0.6) is 0 Å². The van der Waals surface area contributed by atoms with E-state index in [-0.39, 0.29) is 17.9 Å². The molecule has 0 aliphatic carbocycles. The summed E-state index contributed by atoms with van der Waals surface area (Å²) in [6, 6.07) is 10.5. The average molecular weight is 317 g/mol. The molecule has 0 spiro atoms. The minimum Gasteiger partial charge on any atom is -0.339 e. The Hall–Kier alpha value is -1.39. The molecule has 4 heteroatoms. The standard InChI is InChI=1S/C19H31N3O/c1-4-22(19(23)18(20)15(2)3)17-10-12-21(13-11-17)14-16-8-6-5-7-9-16/h5-9,15,17-18H,4,10-14,20H2,1-3H3. The number of amides is 1. The van der Waals surface area contributed by atoms with Gasteiger partial charge < -0.3 is 10.6 Å². The quantitative estimate of drug-likeness (QED) is 0.877. The first kappa shape index (κ1) is 18.0. The number of likely N-dealkylation sites (tertiary alicyclic amines) is 1. The molecule has 128 valence electrons. The van der Waals surface area contributed by atoms with Crippen molar-refractivity contribution >= 4 is 5.91 Å². The zero-order chi connectivity index (χ0) is 16.8. The summed E-state index contributed by atoms with van der Waals surface area (Å²) in [5, 5.41) is 0. The minimum absolute atomic E-state index is 0.115. The van der Waals surface area contributed by atoms with E-state index in [0.29, 0.717) is 6.04 Å². The molecule has 1 unspecified atom stereocenters. The Labute approximate surface area is 140 Å². The zero-order valence-corrected chi connectivity index (χ0v) is 14.7. The van der Waals surface area contributed by atoms with E-state index in [1.54, 1.807) is 0 Å². The van der Waals surface area contributed by atoms with Crippen molar-refractivity contribution in [1.82, 2.24) is 9.80 Å². The molecule has 23 heavy (non-hydrogen) atoms. The SMILES string of the molecule is CCN(C(=O)C(N)C(C)C)C1CCN(Cc2ccccc2)CC1. The average Bonchev–Trinajstić information content (AvgIpc) is 2.57. The number of hydrogen-bond acceptors (Lipinski definition) is 3. The maximum Gasteiger partial charge on any atom is 0.239 e. The Kier molecular flexibility index (Phi) is 6.60. The predicted octanol–water partition coefficient (Wildman–Crippen LogP) is 2.48. The van der Waals surface area contributed by atoms with Crippen molar-refractivity contribution in [1.29, 1.82) is 0 Å². The second kappa shape index (κ2) is 8.46. The first-order chi connectivity index (χ1) is 11.0. The largest absolute Gasteiger partial charge is 0.339 e. The van der Waals surface area contributed by atoms with Gasteiger partial charge in [0, 0.05) is 32.2 Å². The molecule has 1 atom stereocenters. The topological polar surface area (TPSA) is 49.6 Å². The van der Waals surface area contributed by atoms with Crippen LogP contribution >= 0.6 is 0 Å². The molecule has 1 aromatic carbocycles. The van der Waals surface area contributed by atoms with E-state index in [1.165, 1.54) is 5.56 Å². The molecule has 2 N–H and O–H groups in total. The summed E-state index contributed by atoms with van der Waals surface area (Å²) in [5.41, 5.74) is 7.43. The van der Waals surface area contributed by atoms with Gasteiger partial charge in [-0.15, -0.1) is 0 Å². The number of rotatable bonds is 6. The molecule has 1 amide bonds. The molecule has 1 aliphatic heterocycles. The highest BCUT2D eigenvalue weighted by molar-refractivity contribution is 5.82. The Morgan fingerprint density at radius 3 is 2.39 bits per heavy atom. The lowest BCUT2D eigenvalue weighted by molar-refractivity contribution is -0.136. The summed E-state index contributed by atoms with van der Waals surface area (Å²) < 4.78 is 0.